The zero-order valence-electron chi connectivity index (χ0n) is 11.0. The minimum absolute atomic E-state index is 0.218. The molecule has 0 aliphatic rings. The molecule has 96 valence electrons. The summed E-state index contributed by atoms with van der Waals surface area (Å²) < 4.78 is 2.57. The molecule has 1 N–H and O–H groups in total. The first kappa shape index (κ1) is 13.7. The Hall–Kier alpha value is -1.36. The number of aryl methyl sites for hydroxylation is 1. The van der Waals surface area contributed by atoms with Crippen molar-refractivity contribution in [2.45, 2.75) is 26.8 Å². The van der Waals surface area contributed by atoms with Crippen LogP contribution in [0.4, 0.5) is 0 Å². The van der Waals surface area contributed by atoms with Crippen molar-refractivity contribution in [3.63, 3.8) is 0 Å². The molecule has 1 heterocycles. The molecule has 0 amide bonds. The molecule has 0 aliphatic heterocycles. The molecule has 17 heavy (non-hydrogen) atoms. The monoisotopic (exact) mass is 239 g/mol. The van der Waals surface area contributed by atoms with Gasteiger partial charge < -0.3 is 9.88 Å². The van der Waals surface area contributed by atoms with Crippen molar-refractivity contribution in [3.05, 3.63) is 32.6 Å². The summed E-state index contributed by atoms with van der Waals surface area (Å²) in [7, 11) is 3.16. The first-order valence-corrected chi connectivity index (χ1v) is 5.93. The molecule has 1 aromatic rings. The van der Waals surface area contributed by atoms with Crippen molar-refractivity contribution in [2.75, 3.05) is 6.54 Å². The molecule has 0 radical (unpaired) electrons. The fourth-order valence-corrected chi connectivity index (χ4v) is 1.60. The van der Waals surface area contributed by atoms with Crippen molar-refractivity contribution in [3.8, 4) is 0 Å². The summed E-state index contributed by atoms with van der Waals surface area (Å²) in [6, 6.07) is 0. The number of aromatic nitrogens is 2. The van der Waals surface area contributed by atoms with E-state index in [0.29, 0.717) is 18.0 Å². The molecular weight excluding hydrogens is 218 g/mol. The van der Waals surface area contributed by atoms with Crippen LogP contribution in [-0.2, 0) is 20.6 Å². The molecule has 5 nitrogen and oxygen atoms in total. The van der Waals surface area contributed by atoms with Gasteiger partial charge in [0.2, 0.25) is 0 Å². The predicted octanol–water partition coefficient (Wildman–Crippen LogP) is 0.220. The van der Waals surface area contributed by atoms with Crippen molar-refractivity contribution in [1.29, 1.82) is 0 Å². The first-order valence-electron chi connectivity index (χ1n) is 5.93. The van der Waals surface area contributed by atoms with Gasteiger partial charge in [0.05, 0.1) is 0 Å². The van der Waals surface area contributed by atoms with Gasteiger partial charge in [-0.1, -0.05) is 20.3 Å². The maximum Gasteiger partial charge on any atom is 0.330 e. The summed E-state index contributed by atoms with van der Waals surface area (Å²) in [5.74, 6) is 0.589. The van der Waals surface area contributed by atoms with Crippen LogP contribution in [0.5, 0.6) is 0 Å². The van der Waals surface area contributed by atoms with Crippen LogP contribution in [0.2, 0.25) is 0 Å². The summed E-state index contributed by atoms with van der Waals surface area (Å²) in [6.07, 6.45) is 2.71. The molecule has 1 rings (SSSR count). The van der Waals surface area contributed by atoms with Gasteiger partial charge in [0, 0.05) is 32.4 Å². The zero-order valence-corrected chi connectivity index (χ0v) is 11.0. The van der Waals surface area contributed by atoms with Gasteiger partial charge in [-0.05, 0) is 12.5 Å². The van der Waals surface area contributed by atoms with Gasteiger partial charge in [-0.2, -0.15) is 0 Å². The van der Waals surface area contributed by atoms with Crippen molar-refractivity contribution in [2.24, 2.45) is 20.0 Å². The van der Waals surface area contributed by atoms with Crippen molar-refractivity contribution >= 4 is 0 Å². The van der Waals surface area contributed by atoms with Crippen LogP contribution >= 0.6 is 0 Å². The Morgan fingerprint density at radius 2 is 2.00 bits per heavy atom. The highest BCUT2D eigenvalue weighted by Gasteiger charge is 2.06. The van der Waals surface area contributed by atoms with E-state index in [1.165, 1.54) is 11.6 Å². The largest absolute Gasteiger partial charge is 0.330 e. The lowest BCUT2D eigenvalue weighted by atomic mass is 10.1. The first-order chi connectivity index (χ1) is 7.97. The molecule has 0 bridgehead atoms. The molecule has 5 heteroatoms. The smallest absolute Gasteiger partial charge is 0.312 e. The third-order valence-corrected chi connectivity index (χ3v) is 3.02. The molecule has 0 spiro atoms. The van der Waals surface area contributed by atoms with Crippen LogP contribution in [0.1, 0.15) is 25.8 Å². The lowest BCUT2D eigenvalue weighted by Gasteiger charge is -2.11. The summed E-state index contributed by atoms with van der Waals surface area (Å²) in [5.41, 5.74) is 0.114. The quantitative estimate of drug-likeness (QED) is 0.799. The van der Waals surface area contributed by atoms with Crippen LogP contribution in [-0.4, -0.2) is 15.7 Å². The third-order valence-electron chi connectivity index (χ3n) is 3.02. The minimum Gasteiger partial charge on any atom is -0.312 e. The van der Waals surface area contributed by atoms with Gasteiger partial charge in [-0.3, -0.25) is 9.36 Å². The molecule has 0 aromatic carbocycles. The molecule has 0 aliphatic carbocycles. The second-order valence-electron chi connectivity index (χ2n) is 4.56. The molecule has 1 unspecified atom stereocenters. The Kier molecular flexibility index (Phi) is 4.69. The predicted molar refractivity (Wildman–Crippen MR) is 68.1 cm³/mol. The highest BCUT2D eigenvalue weighted by atomic mass is 16.2. The van der Waals surface area contributed by atoms with Gasteiger partial charge in [-0.15, -0.1) is 0 Å². The maximum atomic E-state index is 11.8. The van der Waals surface area contributed by atoms with E-state index in [9.17, 15) is 9.59 Å². The van der Waals surface area contributed by atoms with Gasteiger partial charge >= 0.3 is 5.69 Å². The fourth-order valence-electron chi connectivity index (χ4n) is 1.60. The van der Waals surface area contributed by atoms with Crippen molar-refractivity contribution in [1.82, 2.24) is 14.5 Å². The van der Waals surface area contributed by atoms with E-state index in [-0.39, 0.29) is 11.2 Å². The molecule has 0 saturated carbocycles. The lowest BCUT2D eigenvalue weighted by Crippen LogP contribution is -2.39. The second-order valence-corrected chi connectivity index (χ2v) is 4.56. The summed E-state index contributed by atoms with van der Waals surface area (Å²) in [4.78, 5) is 23.3. The summed E-state index contributed by atoms with van der Waals surface area (Å²) >= 11 is 0. The molecule has 1 aromatic heterocycles. The topological polar surface area (TPSA) is 56.0 Å². The number of nitrogens with zero attached hydrogens (tertiary/aromatic N) is 2. The van der Waals surface area contributed by atoms with Gasteiger partial charge in [0.1, 0.15) is 0 Å². The van der Waals surface area contributed by atoms with Gasteiger partial charge in [0.15, 0.2) is 0 Å². The molecule has 0 fully saturated rings. The van der Waals surface area contributed by atoms with Crippen LogP contribution in [0.15, 0.2) is 15.8 Å². The Morgan fingerprint density at radius 1 is 1.35 bits per heavy atom. The maximum absolute atomic E-state index is 11.8. The summed E-state index contributed by atoms with van der Waals surface area (Å²) in [6.45, 7) is 5.68. The van der Waals surface area contributed by atoms with E-state index in [4.69, 9.17) is 0 Å². The van der Waals surface area contributed by atoms with E-state index in [0.717, 1.165) is 17.5 Å². The minimum atomic E-state index is -0.291. The van der Waals surface area contributed by atoms with E-state index in [1.807, 2.05) is 0 Å². The number of hydrogen-bond acceptors (Lipinski definition) is 3. The number of hydrogen-bond donors (Lipinski definition) is 1. The lowest BCUT2D eigenvalue weighted by molar-refractivity contribution is 0.496. The van der Waals surface area contributed by atoms with Gasteiger partial charge in [-0.25, -0.2) is 4.79 Å². The normalized spacial score (nSPS) is 12.7. The molecule has 1 atom stereocenters. The molecule has 0 saturated heterocycles. The Labute approximate surface area is 101 Å². The zero-order chi connectivity index (χ0) is 13.0. The summed E-state index contributed by atoms with van der Waals surface area (Å²) in [5, 5.41) is 3.24. The van der Waals surface area contributed by atoms with Crippen LogP contribution in [0.25, 0.3) is 0 Å². The number of nitrogens with one attached hydrogen (secondary N) is 1. The SMILES string of the molecule is CCC(C)CNCc1cn(C)c(=O)n(C)c1=O. The highest BCUT2D eigenvalue weighted by molar-refractivity contribution is 5.05. The standard InChI is InChI=1S/C12H21N3O2/c1-5-9(2)6-13-7-10-8-14(3)12(17)15(4)11(10)16/h8-9,13H,5-7H2,1-4H3. The highest BCUT2D eigenvalue weighted by Crippen LogP contribution is 1.97. The average Bonchev–Trinajstić information content (AvgIpc) is 2.32. The van der Waals surface area contributed by atoms with Crippen LogP contribution in [0.3, 0.4) is 0 Å². The molecular formula is C12H21N3O2. The van der Waals surface area contributed by atoms with Gasteiger partial charge in [0.25, 0.3) is 5.56 Å². The average molecular weight is 239 g/mol. The fraction of sp³-hybridized carbons (Fsp3) is 0.667. The third kappa shape index (κ3) is 3.30. The van der Waals surface area contributed by atoms with Crippen molar-refractivity contribution < 1.29 is 0 Å². The number of rotatable bonds is 5. The van der Waals surface area contributed by atoms with E-state index >= 15 is 0 Å². The second kappa shape index (κ2) is 5.82. The Balaban J connectivity index is 2.80. The van der Waals surface area contributed by atoms with E-state index in [2.05, 4.69) is 19.2 Å². The Morgan fingerprint density at radius 3 is 2.59 bits per heavy atom. The van der Waals surface area contributed by atoms with Crippen LogP contribution in [0, 0.1) is 5.92 Å². The van der Waals surface area contributed by atoms with E-state index < -0.39 is 0 Å². The Bertz CT molecular complexity index is 488. The van der Waals surface area contributed by atoms with Crippen LogP contribution < -0.4 is 16.6 Å². The van der Waals surface area contributed by atoms with E-state index in [1.54, 1.807) is 13.2 Å².